The molecule has 5 aliphatic rings. The van der Waals surface area contributed by atoms with Crippen molar-refractivity contribution in [2.45, 2.75) is 153 Å². The van der Waals surface area contributed by atoms with Crippen molar-refractivity contribution in [3.05, 3.63) is 23.3 Å². The number of phenolic OH excluding ortho intramolecular Hbond substituents is 1. The molecule has 6 rings (SSSR count). The standard InChI is InChI=1S/C41H62N2O9/c1-27(45)8-7-10-32(51-28(2)46)23-35(52-38(49)41-17-4-3-9-30(41)12-14-36(48)43-41)39(18-20-42-21-19-39)24-29-11-13-34(47)37-33(29)22-31(25-50-37)40(26-44)15-5-6-16-40/h11,13,27,30-32,35,42,44-45,47H,3-10,12,14-26H2,1-2H3,(H,43,48)/t27-,30-,31-,32+,35+,41-/m0/s1. The van der Waals surface area contributed by atoms with Crippen LogP contribution < -0.4 is 15.4 Å². The van der Waals surface area contributed by atoms with Gasteiger partial charge in [0, 0.05) is 43.3 Å². The lowest BCUT2D eigenvalue weighted by Gasteiger charge is -2.49. The number of piperidine rings is 2. The number of fused-ring (bicyclic) bond motifs is 2. The molecular weight excluding hydrogens is 664 g/mol. The molecular formula is C41H62N2O9. The highest BCUT2D eigenvalue weighted by atomic mass is 16.6. The molecule has 6 atom stereocenters. The molecule has 0 spiro atoms. The first-order valence-electron chi connectivity index (χ1n) is 20.1. The van der Waals surface area contributed by atoms with Crippen LogP contribution in [0.4, 0.5) is 0 Å². The van der Waals surface area contributed by atoms with E-state index in [1.54, 1.807) is 13.0 Å². The highest BCUT2D eigenvalue weighted by Gasteiger charge is 2.54. The summed E-state index contributed by atoms with van der Waals surface area (Å²) in [5.74, 6) is -0.176. The van der Waals surface area contributed by atoms with Gasteiger partial charge in [-0.15, -0.1) is 0 Å². The zero-order chi connectivity index (χ0) is 36.9. The Labute approximate surface area is 308 Å². The van der Waals surface area contributed by atoms with Crippen LogP contribution in [-0.4, -0.2) is 83.3 Å². The summed E-state index contributed by atoms with van der Waals surface area (Å²) >= 11 is 0. The van der Waals surface area contributed by atoms with Crippen LogP contribution in [0.15, 0.2) is 12.1 Å². The molecule has 2 saturated heterocycles. The van der Waals surface area contributed by atoms with Crippen molar-refractivity contribution in [3.8, 4) is 11.5 Å². The predicted molar refractivity (Wildman–Crippen MR) is 195 cm³/mol. The number of carbonyl (C=O) groups excluding carboxylic acids is 3. The van der Waals surface area contributed by atoms with Crippen molar-refractivity contribution in [1.82, 2.24) is 10.6 Å². The number of aliphatic hydroxyl groups is 2. The lowest BCUT2D eigenvalue weighted by atomic mass is 9.66. The first kappa shape index (κ1) is 38.8. The number of amides is 1. The third kappa shape index (κ3) is 8.26. The van der Waals surface area contributed by atoms with Crippen LogP contribution in [0, 0.1) is 22.7 Å². The van der Waals surface area contributed by atoms with Crippen molar-refractivity contribution in [2.75, 3.05) is 26.3 Å². The van der Waals surface area contributed by atoms with E-state index in [1.807, 2.05) is 6.07 Å². The third-order valence-electron chi connectivity index (χ3n) is 13.5. The fourth-order valence-electron chi connectivity index (χ4n) is 10.5. The van der Waals surface area contributed by atoms with E-state index in [1.165, 1.54) is 6.92 Å². The Morgan fingerprint density at radius 1 is 1.00 bits per heavy atom. The summed E-state index contributed by atoms with van der Waals surface area (Å²) in [4.78, 5) is 40.1. The van der Waals surface area contributed by atoms with E-state index in [9.17, 15) is 29.7 Å². The first-order chi connectivity index (χ1) is 25.0. The van der Waals surface area contributed by atoms with E-state index in [4.69, 9.17) is 14.2 Å². The molecule has 11 heteroatoms. The molecule has 2 aliphatic carbocycles. The highest BCUT2D eigenvalue weighted by molar-refractivity contribution is 5.90. The summed E-state index contributed by atoms with van der Waals surface area (Å²) < 4.78 is 19.1. The largest absolute Gasteiger partial charge is 0.504 e. The number of nitrogens with one attached hydrogen (secondary N) is 2. The number of benzene rings is 1. The van der Waals surface area contributed by atoms with Gasteiger partial charge in [0.15, 0.2) is 11.5 Å². The molecule has 4 fully saturated rings. The fourth-order valence-corrected chi connectivity index (χ4v) is 10.5. The van der Waals surface area contributed by atoms with Crippen molar-refractivity contribution >= 4 is 17.8 Å². The maximum Gasteiger partial charge on any atom is 0.332 e. The summed E-state index contributed by atoms with van der Waals surface area (Å²) in [6.07, 6.45) is 11.4. The van der Waals surface area contributed by atoms with Gasteiger partial charge in [-0.25, -0.2) is 4.79 Å². The van der Waals surface area contributed by atoms with Crippen LogP contribution in [0.25, 0.3) is 0 Å². The first-order valence-corrected chi connectivity index (χ1v) is 20.1. The maximum atomic E-state index is 14.7. The molecule has 0 radical (unpaired) electrons. The Bertz CT molecular complexity index is 1420. The van der Waals surface area contributed by atoms with E-state index < -0.39 is 35.2 Å². The minimum atomic E-state index is -1.07. The van der Waals surface area contributed by atoms with E-state index in [0.29, 0.717) is 96.1 Å². The third-order valence-corrected chi connectivity index (χ3v) is 13.5. The second kappa shape index (κ2) is 16.6. The van der Waals surface area contributed by atoms with Crippen LogP contribution in [0.5, 0.6) is 11.5 Å². The van der Waals surface area contributed by atoms with Gasteiger partial charge in [-0.2, -0.15) is 0 Å². The van der Waals surface area contributed by atoms with Gasteiger partial charge >= 0.3 is 11.9 Å². The number of rotatable bonds is 14. The Balaban J connectivity index is 1.37. The van der Waals surface area contributed by atoms with Gasteiger partial charge in [-0.1, -0.05) is 31.7 Å². The molecule has 2 saturated carbocycles. The fraction of sp³-hybridized carbons (Fsp3) is 0.780. The van der Waals surface area contributed by atoms with Crippen LogP contribution >= 0.6 is 0 Å². The van der Waals surface area contributed by atoms with E-state index in [-0.39, 0.29) is 41.5 Å². The number of phenols is 1. The summed E-state index contributed by atoms with van der Waals surface area (Å²) in [5, 5.41) is 38.2. The second-order valence-electron chi connectivity index (χ2n) is 16.9. The monoisotopic (exact) mass is 726 g/mol. The molecule has 1 amide bonds. The average Bonchev–Trinajstić information content (AvgIpc) is 3.63. The summed E-state index contributed by atoms with van der Waals surface area (Å²) in [5.41, 5.74) is 0.168. The van der Waals surface area contributed by atoms with Crippen molar-refractivity contribution in [2.24, 2.45) is 22.7 Å². The van der Waals surface area contributed by atoms with Gasteiger partial charge in [-0.3, -0.25) is 9.59 Å². The van der Waals surface area contributed by atoms with Crippen LogP contribution in [-0.2, 0) is 36.7 Å². The van der Waals surface area contributed by atoms with Gasteiger partial charge in [0.1, 0.15) is 17.7 Å². The predicted octanol–water partition coefficient (Wildman–Crippen LogP) is 5.03. The lowest BCUT2D eigenvalue weighted by molar-refractivity contribution is -0.178. The van der Waals surface area contributed by atoms with Crippen molar-refractivity contribution in [1.29, 1.82) is 0 Å². The van der Waals surface area contributed by atoms with Gasteiger partial charge in [0.25, 0.3) is 0 Å². The number of ether oxygens (including phenoxy) is 3. The van der Waals surface area contributed by atoms with Crippen molar-refractivity contribution in [3.63, 3.8) is 0 Å². The molecule has 52 heavy (non-hydrogen) atoms. The maximum absolute atomic E-state index is 14.7. The molecule has 0 bridgehead atoms. The van der Waals surface area contributed by atoms with E-state index >= 15 is 0 Å². The quantitative estimate of drug-likeness (QED) is 0.164. The zero-order valence-corrected chi connectivity index (χ0v) is 31.4. The number of esters is 2. The second-order valence-corrected chi connectivity index (χ2v) is 16.9. The molecule has 0 aromatic heterocycles. The summed E-state index contributed by atoms with van der Waals surface area (Å²) in [6, 6.07) is 3.68. The molecule has 3 heterocycles. The molecule has 11 nitrogen and oxygen atoms in total. The molecule has 1 aromatic carbocycles. The Morgan fingerprint density at radius 2 is 1.75 bits per heavy atom. The SMILES string of the molecule is CC(=O)O[C@H](CCC[C@H](C)O)C[C@@H](OC(=O)[C@]12CCCC[C@H]1CCC(=O)N2)C1(Cc2ccc(O)c3c2C[C@H](C2(CO)CCCC2)CO3)CCNCC1. The average molecular weight is 727 g/mol. The number of aliphatic hydroxyl groups excluding tert-OH is 2. The lowest BCUT2D eigenvalue weighted by Crippen LogP contribution is -2.65. The smallest absolute Gasteiger partial charge is 0.332 e. The zero-order valence-electron chi connectivity index (χ0n) is 31.4. The number of hydrogen-bond donors (Lipinski definition) is 5. The number of carbonyl (C=O) groups is 3. The number of hydrogen-bond acceptors (Lipinski definition) is 10. The molecule has 3 aliphatic heterocycles. The van der Waals surface area contributed by atoms with Gasteiger partial charge < -0.3 is 40.2 Å². The van der Waals surface area contributed by atoms with Gasteiger partial charge in [-0.05, 0) is 120 Å². The van der Waals surface area contributed by atoms with Crippen molar-refractivity contribution < 1.29 is 43.9 Å². The van der Waals surface area contributed by atoms with Crippen LogP contribution in [0.3, 0.4) is 0 Å². The molecule has 0 unspecified atom stereocenters. The van der Waals surface area contributed by atoms with Gasteiger partial charge in [0.05, 0.1) is 12.7 Å². The van der Waals surface area contributed by atoms with Crippen LogP contribution in [0.1, 0.15) is 128 Å². The number of aromatic hydroxyl groups is 1. The van der Waals surface area contributed by atoms with E-state index in [0.717, 1.165) is 56.1 Å². The minimum absolute atomic E-state index is 0.0130. The topological polar surface area (TPSA) is 164 Å². The van der Waals surface area contributed by atoms with Crippen LogP contribution in [0.2, 0.25) is 0 Å². The minimum Gasteiger partial charge on any atom is -0.504 e. The molecule has 5 N–H and O–H groups in total. The Morgan fingerprint density at radius 3 is 2.46 bits per heavy atom. The Hall–Kier alpha value is -2.89. The highest BCUT2D eigenvalue weighted by Crippen LogP contribution is 2.51. The summed E-state index contributed by atoms with van der Waals surface area (Å²) in [6.45, 7) is 5.14. The van der Waals surface area contributed by atoms with E-state index in [2.05, 4.69) is 10.6 Å². The molecule has 290 valence electrons. The normalized spacial score (nSPS) is 28.3. The van der Waals surface area contributed by atoms with Gasteiger partial charge in [0.2, 0.25) is 5.91 Å². The molecule has 1 aromatic rings. The summed E-state index contributed by atoms with van der Waals surface area (Å²) in [7, 11) is 0. The Kier molecular flexibility index (Phi) is 12.4.